The fourth-order valence-electron chi connectivity index (χ4n) is 0.838. The Morgan fingerprint density at radius 3 is 2.83 bits per heavy atom. The Bertz CT molecular complexity index is 408. The zero-order valence-electron chi connectivity index (χ0n) is 5.93. The summed E-state index contributed by atoms with van der Waals surface area (Å²) in [5.41, 5.74) is 0.612. The van der Waals surface area contributed by atoms with Gasteiger partial charge in [-0.3, -0.25) is 4.79 Å². The second-order valence-corrected chi connectivity index (χ2v) is 1.97. The number of fused-ring (bicyclic) bond motifs is 1. The standard InChI is InChI=1S/C6H5N3O.2ClH/c10-6-2-4-9-5(8-6)1-3-7-9;;/h1-4H,(H,8,10);2*1H. The van der Waals surface area contributed by atoms with Crippen molar-refractivity contribution >= 4 is 30.5 Å². The van der Waals surface area contributed by atoms with Crippen LogP contribution in [0, 0.1) is 0 Å². The van der Waals surface area contributed by atoms with Gasteiger partial charge < -0.3 is 4.98 Å². The van der Waals surface area contributed by atoms with Gasteiger partial charge in [0.25, 0.3) is 5.56 Å². The molecule has 0 amide bonds. The lowest BCUT2D eigenvalue weighted by atomic mass is 10.6. The number of nitrogens with one attached hydrogen (secondary N) is 1. The molecule has 2 aromatic heterocycles. The number of hydrogen-bond donors (Lipinski definition) is 1. The second kappa shape index (κ2) is 4.13. The third-order valence-corrected chi connectivity index (χ3v) is 1.29. The van der Waals surface area contributed by atoms with Crippen molar-refractivity contribution in [3.05, 3.63) is 34.9 Å². The van der Waals surface area contributed by atoms with Gasteiger partial charge in [0, 0.05) is 18.3 Å². The van der Waals surface area contributed by atoms with Crippen LogP contribution in [0.5, 0.6) is 0 Å². The molecule has 0 aliphatic carbocycles. The van der Waals surface area contributed by atoms with Gasteiger partial charge in [0.2, 0.25) is 0 Å². The molecule has 4 nitrogen and oxygen atoms in total. The normalized spacial score (nSPS) is 8.67. The van der Waals surface area contributed by atoms with Crippen molar-refractivity contribution < 1.29 is 0 Å². The average molecular weight is 208 g/mol. The summed E-state index contributed by atoms with van der Waals surface area (Å²) in [5, 5.41) is 3.91. The lowest BCUT2D eigenvalue weighted by Gasteiger charge is -1.87. The van der Waals surface area contributed by atoms with E-state index in [-0.39, 0.29) is 30.4 Å². The molecule has 2 rings (SSSR count). The van der Waals surface area contributed by atoms with E-state index in [1.807, 2.05) is 0 Å². The molecule has 0 radical (unpaired) electrons. The van der Waals surface area contributed by atoms with E-state index in [0.717, 1.165) is 0 Å². The van der Waals surface area contributed by atoms with Crippen LogP contribution in [-0.4, -0.2) is 14.6 Å². The quantitative estimate of drug-likeness (QED) is 0.698. The molecule has 2 heterocycles. The molecule has 6 heteroatoms. The topological polar surface area (TPSA) is 50.2 Å². The average Bonchev–Trinajstić information content (AvgIpc) is 2.33. The van der Waals surface area contributed by atoms with Gasteiger partial charge in [-0.1, -0.05) is 0 Å². The van der Waals surface area contributed by atoms with E-state index in [1.54, 1.807) is 23.0 Å². The number of H-pyrrole nitrogens is 1. The van der Waals surface area contributed by atoms with Crippen LogP contribution in [0.15, 0.2) is 29.3 Å². The number of hydrogen-bond acceptors (Lipinski definition) is 2. The van der Waals surface area contributed by atoms with Crippen molar-refractivity contribution in [1.82, 2.24) is 14.6 Å². The van der Waals surface area contributed by atoms with E-state index in [4.69, 9.17) is 0 Å². The van der Waals surface area contributed by atoms with Crippen LogP contribution in [0.25, 0.3) is 5.65 Å². The van der Waals surface area contributed by atoms with E-state index in [2.05, 4.69) is 10.1 Å². The summed E-state index contributed by atoms with van der Waals surface area (Å²) in [5.74, 6) is 0. The van der Waals surface area contributed by atoms with Crippen molar-refractivity contribution in [3.63, 3.8) is 0 Å². The van der Waals surface area contributed by atoms with E-state index in [0.29, 0.717) is 5.65 Å². The molecular weight excluding hydrogens is 201 g/mol. The predicted molar refractivity (Wildman–Crippen MR) is 50.3 cm³/mol. The first-order valence-corrected chi connectivity index (χ1v) is 2.89. The van der Waals surface area contributed by atoms with Gasteiger partial charge in [-0.15, -0.1) is 24.8 Å². The first-order chi connectivity index (χ1) is 4.86. The molecule has 0 saturated carbocycles. The molecule has 0 aromatic carbocycles. The van der Waals surface area contributed by atoms with Crippen LogP contribution in [-0.2, 0) is 0 Å². The predicted octanol–water partition coefficient (Wildman–Crippen LogP) is 0.866. The van der Waals surface area contributed by atoms with E-state index >= 15 is 0 Å². The van der Waals surface area contributed by atoms with Crippen molar-refractivity contribution in [2.45, 2.75) is 0 Å². The SMILES string of the molecule is Cl.Cl.O=c1ccn2nccc2[nH]1. The zero-order chi connectivity index (χ0) is 6.97. The van der Waals surface area contributed by atoms with Crippen LogP contribution >= 0.6 is 24.8 Å². The molecule has 2 aromatic rings. The molecule has 66 valence electrons. The maximum absolute atomic E-state index is 10.7. The van der Waals surface area contributed by atoms with Crippen LogP contribution in [0.2, 0.25) is 0 Å². The number of aromatic nitrogens is 3. The summed E-state index contributed by atoms with van der Waals surface area (Å²) in [6, 6.07) is 3.17. The molecule has 0 aliphatic heterocycles. The summed E-state index contributed by atoms with van der Waals surface area (Å²) >= 11 is 0. The zero-order valence-corrected chi connectivity index (χ0v) is 7.56. The molecule has 0 unspecified atom stereocenters. The Morgan fingerprint density at radius 2 is 2.08 bits per heavy atom. The van der Waals surface area contributed by atoms with Gasteiger partial charge in [-0.25, -0.2) is 4.52 Å². The van der Waals surface area contributed by atoms with Gasteiger partial charge in [-0.2, -0.15) is 5.10 Å². The van der Waals surface area contributed by atoms with Gasteiger partial charge in [0.15, 0.2) is 0 Å². The Balaban J connectivity index is 0.000000605. The minimum atomic E-state index is -0.104. The van der Waals surface area contributed by atoms with Crippen molar-refractivity contribution in [1.29, 1.82) is 0 Å². The summed E-state index contributed by atoms with van der Waals surface area (Å²) in [6.45, 7) is 0. The van der Waals surface area contributed by atoms with Crippen molar-refractivity contribution in [3.8, 4) is 0 Å². The summed E-state index contributed by atoms with van der Waals surface area (Å²) in [6.07, 6.45) is 3.25. The number of aromatic amines is 1. The van der Waals surface area contributed by atoms with Crippen molar-refractivity contribution in [2.75, 3.05) is 0 Å². The van der Waals surface area contributed by atoms with Crippen LogP contribution < -0.4 is 5.56 Å². The minimum Gasteiger partial charge on any atom is -0.307 e. The highest BCUT2D eigenvalue weighted by atomic mass is 35.5. The number of halogens is 2. The molecule has 0 bridgehead atoms. The summed E-state index contributed by atoms with van der Waals surface area (Å²) < 4.78 is 1.60. The summed E-state index contributed by atoms with van der Waals surface area (Å²) in [4.78, 5) is 13.3. The molecule has 12 heavy (non-hydrogen) atoms. The first kappa shape index (κ1) is 11.0. The lowest BCUT2D eigenvalue weighted by Crippen LogP contribution is -2.05. The van der Waals surface area contributed by atoms with Crippen molar-refractivity contribution in [2.24, 2.45) is 0 Å². The Kier molecular flexibility index (Phi) is 3.79. The lowest BCUT2D eigenvalue weighted by molar-refractivity contribution is 0.931. The Hall–Kier alpha value is -1.00. The number of rotatable bonds is 0. The van der Waals surface area contributed by atoms with Gasteiger partial charge in [0.05, 0.1) is 6.20 Å². The minimum absolute atomic E-state index is 0. The maximum Gasteiger partial charge on any atom is 0.251 e. The first-order valence-electron chi connectivity index (χ1n) is 2.89. The van der Waals surface area contributed by atoms with Crippen LogP contribution in [0.4, 0.5) is 0 Å². The highest BCUT2D eigenvalue weighted by molar-refractivity contribution is 5.85. The van der Waals surface area contributed by atoms with E-state index in [1.165, 1.54) is 6.07 Å². The van der Waals surface area contributed by atoms with E-state index in [9.17, 15) is 4.79 Å². The number of nitrogens with zero attached hydrogens (tertiary/aromatic N) is 2. The third-order valence-electron chi connectivity index (χ3n) is 1.29. The molecule has 1 N–H and O–H groups in total. The Morgan fingerprint density at radius 1 is 1.33 bits per heavy atom. The van der Waals surface area contributed by atoms with Crippen LogP contribution in [0.1, 0.15) is 0 Å². The molecule has 0 atom stereocenters. The fraction of sp³-hybridized carbons (Fsp3) is 0. The van der Waals surface area contributed by atoms with Gasteiger partial charge >= 0.3 is 0 Å². The molecule has 0 saturated heterocycles. The molecule has 0 aliphatic rings. The Labute approximate surface area is 80.4 Å². The summed E-state index contributed by atoms with van der Waals surface area (Å²) in [7, 11) is 0. The van der Waals surface area contributed by atoms with Gasteiger partial charge in [0.1, 0.15) is 5.65 Å². The second-order valence-electron chi connectivity index (χ2n) is 1.97. The van der Waals surface area contributed by atoms with Gasteiger partial charge in [-0.05, 0) is 0 Å². The molecule has 0 spiro atoms. The van der Waals surface area contributed by atoms with E-state index < -0.39 is 0 Å². The third kappa shape index (κ3) is 1.78. The highest BCUT2D eigenvalue weighted by Gasteiger charge is 1.89. The molecule has 0 fully saturated rings. The highest BCUT2D eigenvalue weighted by Crippen LogP contribution is 1.90. The monoisotopic (exact) mass is 207 g/mol. The largest absolute Gasteiger partial charge is 0.307 e. The fourth-order valence-corrected chi connectivity index (χ4v) is 0.838. The maximum atomic E-state index is 10.7. The smallest absolute Gasteiger partial charge is 0.251 e. The molecular formula is C6H7Cl2N3O. The van der Waals surface area contributed by atoms with Crippen LogP contribution in [0.3, 0.4) is 0 Å².